The lowest BCUT2D eigenvalue weighted by molar-refractivity contribution is 0.0920. The highest BCUT2D eigenvalue weighted by molar-refractivity contribution is 5.85. The third-order valence-corrected chi connectivity index (χ3v) is 0.384. The molecule has 0 spiro atoms. The minimum Gasteiger partial charge on any atom is -0.462 e. The molecule has 0 amide bonds. The molecule has 0 aromatic carbocycles. The molecular weight excluding hydrogens is 103 g/mol. The van der Waals surface area contributed by atoms with Crippen LogP contribution in [-0.4, -0.2) is 6.79 Å². The van der Waals surface area contributed by atoms with Gasteiger partial charge in [0.15, 0.2) is 0 Å². The molecule has 0 aromatic heterocycles. The molecule has 1 aliphatic rings. The number of rotatable bonds is 0. The van der Waals surface area contributed by atoms with E-state index in [1.165, 1.54) is 12.5 Å². The standard InChI is InChI=1S/C3H4O2.ClH/c1-2-5-3-4-1;/h1-2H,3H2;1H. The van der Waals surface area contributed by atoms with Crippen molar-refractivity contribution in [2.24, 2.45) is 0 Å². The van der Waals surface area contributed by atoms with Gasteiger partial charge >= 0.3 is 0 Å². The molecule has 1 rings (SSSR count). The zero-order valence-corrected chi connectivity index (χ0v) is 3.90. The van der Waals surface area contributed by atoms with E-state index in [2.05, 4.69) is 9.47 Å². The lowest BCUT2D eigenvalue weighted by Gasteiger charge is -1.82. The van der Waals surface area contributed by atoms with Crippen LogP contribution in [0.2, 0.25) is 0 Å². The van der Waals surface area contributed by atoms with Crippen molar-refractivity contribution in [1.29, 1.82) is 0 Å². The highest BCUT2D eigenvalue weighted by atomic mass is 35.5. The highest BCUT2D eigenvalue weighted by Crippen LogP contribution is 1.88. The van der Waals surface area contributed by atoms with Crippen LogP contribution in [0.1, 0.15) is 0 Å². The molecule has 3 heteroatoms. The fourth-order valence-electron chi connectivity index (χ4n) is 0.196. The Bertz CT molecular complexity index is 46.8. The summed E-state index contributed by atoms with van der Waals surface area (Å²) >= 11 is 0. The van der Waals surface area contributed by atoms with Gasteiger partial charge in [-0.2, -0.15) is 0 Å². The van der Waals surface area contributed by atoms with Gasteiger partial charge in [-0.05, 0) is 0 Å². The Labute approximate surface area is 42.2 Å². The van der Waals surface area contributed by atoms with E-state index in [0.717, 1.165) is 0 Å². The maximum Gasteiger partial charge on any atom is 0.229 e. The second kappa shape index (κ2) is 2.85. The van der Waals surface area contributed by atoms with Gasteiger partial charge in [0.2, 0.25) is 6.79 Å². The summed E-state index contributed by atoms with van der Waals surface area (Å²) in [5, 5.41) is 0. The Morgan fingerprint density at radius 1 is 1.17 bits per heavy atom. The Hall–Kier alpha value is -0.370. The molecule has 0 saturated heterocycles. The molecule has 6 heavy (non-hydrogen) atoms. The topological polar surface area (TPSA) is 18.5 Å². The van der Waals surface area contributed by atoms with E-state index in [4.69, 9.17) is 0 Å². The molecule has 36 valence electrons. The van der Waals surface area contributed by atoms with Crippen molar-refractivity contribution in [3.63, 3.8) is 0 Å². The van der Waals surface area contributed by atoms with Gasteiger partial charge in [0.05, 0.1) is 0 Å². The molecule has 0 aliphatic carbocycles. The summed E-state index contributed by atoms with van der Waals surface area (Å²) in [6.45, 7) is 0.389. The van der Waals surface area contributed by atoms with Crippen LogP contribution in [0.3, 0.4) is 0 Å². The van der Waals surface area contributed by atoms with E-state index in [1.807, 2.05) is 0 Å². The average Bonchev–Trinajstić information content (AvgIpc) is 1.76. The molecule has 0 unspecified atom stereocenters. The Morgan fingerprint density at radius 3 is 1.83 bits per heavy atom. The Morgan fingerprint density at radius 2 is 1.67 bits per heavy atom. The van der Waals surface area contributed by atoms with Crippen LogP contribution in [0.5, 0.6) is 0 Å². The van der Waals surface area contributed by atoms with Crippen molar-refractivity contribution < 1.29 is 9.47 Å². The summed E-state index contributed by atoms with van der Waals surface area (Å²) in [4.78, 5) is 0. The Kier molecular flexibility index (Phi) is 2.67. The lowest BCUT2D eigenvalue weighted by Crippen LogP contribution is -1.75. The first kappa shape index (κ1) is 5.63. The second-order valence-corrected chi connectivity index (χ2v) is 0.723. The van der Waals surface area contributed by atoms with Crippen LogP contribution in [0.15, 0.2) is 12.5 Å². The monoisotopic (exact) mass is 108 g/mol. The third kappa shape index (κ3) is 1.17. The van der Waals surface area contributed by atoms with E-state index in [0.29, 0.717) is 6.79 Å². The summed E-state index contributed by atoms with van der Waals surface area (Å²) < 4.78 is 9.08. The largest absolute Gasteiger partial charge is 0.462 e. The minimum atomic E-state index is 0. The maximum absolute atomic E-state index is 4.54. The molecule has 0 fully saturated rings. The van der Waals surface area contributed by atoms with Gasteiger partial charge < -0.3 is 9.47 Å². The first-order chi connectivity index (χ1) is 2.50. The molecule has 2 nitrogen and oxygen atoms in total. The first-order valence-corrected chi connectivity index (χ1v) is 1.38. The molecule has 0 bridgehead atoms. The van der Waals surface area contributed by atoms with Crippen molar-refractivity contribution in [2.45, 2.75) is 0 Å². The zero-order chi connectivity index (χ0) is 3.54. The van der Waals surface area contributed by atoms with Crippen LogP contribution in [0.25, 0.3) is 0 Å². The lowest BCUT2D eigenvalue weighted by atomic mass is 11.1. The maximum atomic E-state index is 4.54. The average molecular weight is 109 g/mol. The Balaban J connectivity index is 0.000000250. The van der Waals surface area contributed by atoms with Crippen LogP contribution < -0.4 is 0 Å². The van der Waals surface area contributed by atoms with Crippen molar-refractivity contribution in [3.05, 3.63) is 12.5 Å². The smallest absolute Gasteiger partial charge is 0.229 e. The number of halogens is 1. The highest BCUT2D eigenvalue weighted by Gasteiger charge is 1.82. The molecule has 0 radical (unpaired) electrons. The fourth-order valence-corrected chi connectivity index (χ4v) is 0.196. The number of hydrogen-bond donors (Lipinski definition) is 0. The first-order valence-electron chi connectivity index (χ1n) is 1.38. The van der Waals surface area contributed by atoms with Gasteiger partial charge in [-0.3, -0.25) is 0 Å². The molecular formula is C3H5ClO2. The van der Waals surface area contributed by atoms with E-state index in [9.17, 15) is 0 Å². The molecule has 0 N–H and O–H groups in total. The molecule has 0 saturated carbocycles. The van der Waals surface area contributed by atoms with Gasteiger partial charge in [-0.15, -0.1) is 12.4 Å². The van der Waals surface area contributed by atoms with E-state index >= 15 is 0 Å². The molecule has 1 aliphatic heterocycles. The van der Waals surface area contributed by atoms with Gasteiger partial charge in [0.25, 0.3) is 0 Å². The summed E-state index contributed by atoms with van der Waals surface area (Å²) in [7, 11) is 0. The molecule has 1 heterocycles. The zero-order valence-electron chi connectivity index (χ0n) is 3.09. The van der Waals surface area contributed by atoms with E-state index < -0.39 is 0 Å². The molecule has 0 aromatic rings. The van der Waals surface area contributed by atoms with Gasteiger partial charge in [-0.1, -0.05) is 0 Å². The van der Waals surface area contributed by atoms with Crippen LogP contribution in [0.4, 0.5) is 0 Å². The van der Waals surface area contributed by atoms with Crippen LogP contribution in [0, 0.1) is 0 Å². The van der Waals surface area contributed by atoms with Crippen molar-refractivity contribution in [2.75, 3.05) is 6.79 Å². The summed E-state index contributed by atoms with van der Waals surface area (Å²) in [6, 6.07) is 0. The molecule has 0 atom stereocenters. The third-order valence-electron chi connectivity index (χ3n) is 0.384. The van der Waals surface area contributed by atoms with Crippen molar-refractivity contribution in [1.82, 2.24) is 0 Å². The summed E-state index contributed by atoms with van der Waals surface area (Å²) in [5.74, 6) is 0. The summed E-state index contributed by atoms with van der Waals surface area (Å²) in [6.07, 6.45) is 3.03. The minimum absolute atomic E-state index is 0. The van der Waals surface area contributed by atoms with E-state index in [-0.39, 0.29) is 12.4 Å². The van der Waals surface area contributed by atoms with Crippen molar-refractivity contribution >= 4 is 12.4 Å². The van der Waals surface area contributed by atoms with Crippen LogP contribution >= 0.6 is 12.4 Å². The quantitative estimate of drug-likeness (QED) is 0.459. The number of hydrogen-bond acceptors (Lipinski definition) is 2. The number of ether oxygens (including phenoxy) is 2. The fraction of sp³-hybridized carbons (Fsp3) is 0.333. The van der Waals surface area contributed by atoms with E-state index in [1.54, 1.807) is 0 Å². The SMILES string of the molecule is C1=COCO1.Cl. The van der Waals surface area contributed by atoms with Crippen molar-refractivity contribution in [3.8, 4) is 0 Å². The second-order valence-electron chi connectivity index (χ2n) is 0.723. The predicted molar refractivity (Wildman–Crippen MR) is 23.4 cm³/mol. The van der Waals surface area contributed by atoms with Gasteiger partial charge in [-0.25, -0.2) is 0 Å². The van der Waals surface area contributed by atoms with Crippen LogP contribution in [-0.2, 0) is 9.47 Å². The van der Waals surface area contributed by atoms with Gasteiger partial charge in [0.1, 0.15) is 12.5 Å². The van der Waals surface area contributed by atoms with Gasteiger partial charge in [0, 0.05) is 0 Å². The normalized spacial score (nSPS) is 14.7. The predicted octanol–water partition coefficient (Wildman–Crippen LogP) is 0.884. The summed E-state index contributed by atoms with van der Waals surface area (Å²) in [5.41, 5.74) is 0.